The van der Waals surface area contributed by atoms with Crippen molar-refractivity contribution in [2.45, 2.75) is 39.5 Å². The maximum Gasteiger partial charge on any atom is 0.342 e. The number of amidine groups is 1. The Hall–Kier alpha value is -3.03. The van der Waals surface area contributed by atoms with E-state index in [1.165, 1.54) is 4.68 Å². The molecule has 8 nitrogen and oxygen atoms in total. The number of hydrogen-bond donors (Lipinski definition) is 1. The molecule has 0 saturated carbocycles. The monoisotopic (exact) mass is 355 g/mol. The molecule has 1 aliphatic rings. The predicted molar refractivity (Wildman–Crippen MR) is 94.5 cm³/mol. The van der Waals surface area contributed by atoms with Crippen molar-refractivity contribution in [3.63, 3.8) is 0 Å². The molecule has 0 aliphatic carbocycles. The van der Waals surface area contributed by atoms with Crippen LogP contribution in [0.4, 0.5) is 0 Å². The third-order valence-electron chi connectivity index (χ3n) is 4.59. The van der Waals surface area contributed by atoms with Crippen molar-refractivity contribution in [2.24, 2.45) is 10.9 Å². The van der Waals surface area contributed by atoms with Gasteiger partial charge in [0.05, 0.1) is 5.56 Å². The molecule has 1 amide bonds. The number of aliphatic imine (C=N–C) groups is 1. The Bertz CT molecular complexity index is 859. The number of pyridine rings is 1. The van der Waals surface area contributed by atoms with Gasteiger partial charge in [0.15, 0.2) is 12.1 Å². The number of ether oxygens (including phenoxy) is 1. The van der Waals surface area contributed by atoms with Gasteiger partial charge in [-0.15, -0.1) is 0 Å². The highest BCUT2D eigenvalue weighted by molar-refractivity contribution is 6.17. The van der Waals surface area contributed by atoms with Gasteiger partial charge in [-0.25, -0.2) is 14.5 Å². The van der Waals surface area contributed by atoms with Crippen LogP contribution in [-0.4, -0.2) is 38.0 Å². The standard InChI is InChI=1S/C18H21N5O3/c1-11(2)18(4)17(25)21-15(22-18)14-13(7-5-8-19-14)16(24)26-12(3)23-10-6-9-20-23/h5-12H,1-4H3,(H,21,22,25). The van der Waals surface area contributed by atoms with Gasteiger partial charge in [0.2, 0.25) is 0 Å². The number of aromatic nitrogens is 3. The summed E-state index contributed by atoms with van der Waals surface area (Å²) in [5, 5.41) is 6.80. The molecule has 2 unspecified atom stereocenters. The number of hydrogen-bond acceptors (Lipinski definition) is 6. The Kier molecular flexibility index (Phi) is 4.58. The first-order chi connectivity index (χ1) is 12.3. The van der Waals surface area contributed by atoms with Gasteiger partial charge >= 0.3 is 5.97 Å². The minimum absolute atomic E-state index is 0.000971. The van der Waals surface area contributed by atoms with Crippen LogP contribution < -0.4 is 5.32 Å². The van der Waals surface area contributed by atoms with Gasteiger partial charge in [0.1, 0.15) is 11.2 Å². The van der Waals surface area contributed by atoms with E-state index in [0.717, 1.165) is 0 Å². The van der Waals surface area contributed by atoms with Crippen LogP contribution in [0.2, 0.25) is 0 Å². The first kappa shape index (κ1) is 17.8. The average molecular weight is 355 g/mol. The molecule has 2 atom stereocenters. The molecule has 0 saturated heterocycles. The summed E-state index contributed by atoms with van der Waals surface area (Å²) < 4.78 is 6.99. The summed E-state index contributed by atoms with van der Waals surface area (Å²) in [6, 6.07) is 4.98. The van der Waals surface area contributed by atoms with Crippen LogP contribution in [0.3, 0.4) is 0 Å². The molecule has 0 spiro atoms. The number of carbonyl (C=O) groups excluding carboxylic acids is 2. The number of esters is 1. The molecule has 3 rings (SSSR count). The second kappa shape index (κ2) is 6.70. The van der Waals surface area contributed by atoms with E-state index in [9.17, 15) is 9.59 Å². The number of rotatable bonds is 5. The van der Waals surface area contributed by atoms with E-state index in [-0.39, 0.29) is 23.2 Å². The van der Waals surface area contributed by atoms with Crippen LogP contribution in [0, 0.1) is 5.92 Å². The molecule has 0 bridgehead atoms. The lowest BCUT2D eigenvalue weighted by molar-refractivity contribution is -0.124. The maximum atomic E-state index is 12.6. The third-order valence-corrected chi connectivity index (χ3v) is 4.59. The van der Waals surface area contributed by atoms with E-state index >= 15 is 0 Å². The van der Waals surface area contributed by atoms with Crippen molar-refractivity contribution < 1.29 is 14.3 Å². The van der Waals surface area contributed by atoms with E-state index < -0.39 is 17.7 Å². The lowest BCUT2D eigenvalue weighted by Crippen LogP contribution is -2.41. The van der Waals surface area contributed by atoms with Crippen LogP contribution in [0.1, 0.15) is 50.0 Å². The smallest absolute Gasteiger partial charge is 0.342 e. The summed E-state index contributed by atoms with van der Waals surface area (Å²) in [5.41, 5.74) is -0.363. The molecule has 0 aromatic carbocycles. The highest BCUT2D eigenvalue weighted by Crippen LogP contribution is 2.27. The molecular weight excluding hydrogens is 334 g/mol. The fourth-order valence-corrected chi connectivity index (χ4v) is 2.58. The first-order valence-corrected chi connectivity index (χ1v) is 8.39. The van der Waals surface area contributed by atoms with E-state index in [0.29, 0.717) is 5.69 Å². The summed E-state index contributed by atoms with van der Waals surface area (Å²) in [5.74, 6) is -0.493. The topological polar surface area (TPSA) is 98.5 Å². The zero-order valence-electron chi connectivity index (χ0n) is 15.1. The Labute approximate surface area is 151 Å². The summed E-state index contributed by atoms with van der Waals surface area (Å²) in [6.07, 6.45) is 4.28. The van der Waals surface area contributed by atoms with E-state index in [1.807, 2.05) is 13.8 Å². The highest BCUT2D eigenvalue weighted by atomic mass is 16.6. The summed E-state index contributed by atoms with van der Waals surface area (Å²) in [4.78, 5) is 33.7. The Morgan fingerprint density at radius 2 is 2.04 bits per heavy atom. The van der Waals surface area contributed by atoms with Crippen LogP contribution in [-0.2, 0) is 9.53 Å². The van der Waals surface area contributed by atoms with Crippen LogP contribution in [0.15, 0.2) is 41.8 Å². The zero-order chi connectivity index (χ0) is 18.9. The molecular formula is C18H21N5O3. The van der Waals surface area contributed by atoms with Gasteiger partial charge < -0.3 is 10.1 Å². The second-order valence-electron chi connectivity index (χ2n) is 6.61. The quantitative estimate of drug-likeness (QED) is 0.827. The highest BCUT2D eigenvalue weighted by Gasteiger charge is 2.43. The molecule has 3 heterocycles. The number of nitrogens with zero attached hydrogens (tertiary/aromatic N) is 4. The third kappa shape index (κ3) is 3.10. The van der Waals surface area contributed by atoms with Crippen molar-refractivity contribution in [2.75, 3.05) is 0 Å². The van der Waals surface area contributed by atoms with Crippen LogP contribution in [0.5, 0.6) is 0 Å². The number of nitrogens with one attached hydrogen (secondary N) is 1. The van der Waals surface area contributed by atoms with Crippen molar-refractivity contribution in [3.05, 3.63) is 48.0 Å². The number of amides is 1. The van der Waals surface area contributed by atoms with Crippen molar-refractivity contribution in [1.82, 2.24) is 20.1 Å². The maximum absolute atomic E-state index is 12.6. The Morgan fingerprint density at radius 3 is 2.65 bits per heavy atom. The Balaban J connectivity index is 1.90. The van der Waals surface area contributed by atoms with E-state index in [1.54, 1.807) is 50.6 Å². The minimum atomic E-state index is -0.892. The second-order valence-corrected chi connectivity index (χ2v) is 6.61. The molecule has 1 N–H and O–H groups in total. The van der Waals surface area contributed by atoms with Gasteiger partial charge in [-0.1, -0.05) is 13.8 Å². The fourth-order valence-electron chi connectivity index (χ4n) is 2.58. The fraction of sp³-hybridized carbons (Fsp3) is 0.389. The molecule has 136 valence electrons. The van der Waals surface area contributed by atoms with Crippen LogP contribution >= 0.6 is 0 Å². The molecule has 0 fully saturated rings. The molecule has 26 heavy (non-hydrogen) atoms. The van der Waals surface area contributed by atoms with Gasteiger partial charge in [0.25, 0.3) is 5.91 Å². The van der Waals surface area contributed by atoms with E-state index in [2.05, 4.69) is 20.4 Å². The van der Waals surface area contributed by atoms with Gasteiger partial charge in [-0.3, -0.25) is 9.78 Å². The zero-order valence-corrected chi connectivity index (χ0v) is 15.1. The molecule has 0 radical (unpaired) electrons. The SMILES string of the molecule is CC(OC(=O)c1cccnc1C1=NC(C)(C(C)C)C(=O)N1)n1cccn1. The van der Waals surface area contributed by atoms with Crippen molar-refractivity contribution >= 4 is 17.7 Å². The summed E-state index contributed by atoms with van der Waals surface area (Å²) >= 11 is 0. The van der Waals surface area contributed by atoms with Gasteiger partial charge in [0, 0.05) is 18.6 Å². The van der Waals surface area contributed by atoms with E-state index in [4.69, 9.17) is 4.74 Å². The minimum Gasteiger partial charge on any atom is -0.436 e. The van der Waals surface area contributed by atoms with Gasteiger partial charge in [-0.05, 0) is 38.0 Å². The lowest BCUT2D eigenvalue weighted by Gasteiger charge is -2.21. The number of carbonyl (C=O) groups is 2. The first-order valence-electron chi connectivity index (χ1n) is 8.39. The summed E-state index contributed by atoms with van der Waals surface area (Å²) in [6.45, 7) is 7.32. The average Bonchev–Trinajstić information content (AvgIpc) is 3.24. The lowest BCUT2D eigenvalue weighted by atomic mass is 9.89. The molecule has 8 heteroatoms. The molecule has 2 aromatic heterocycles. The molecule has 1 aliphatic heterocycles. The molecule has 2 aromatic rings. The Morgan fingerprint density at radius 1 is 1.27 bits per heavy atom. The van der Waals surface area contributed by atoms with Crippen molar-refractivity contribution in [3.8, 4) is 0 Å². The largest absolute Gasteiger partial charge is 0.436 e. The predicted octanol–water partition coefficient (Wildman–Crippen LogP) is 1.94. The summed E-state index contributed by atoms with van der Waals surface area (Å²) in [7, 11) is 0. The van der Waals surface area contributed by atoms with Crippen molar-refractivity contribution in [1.29, 1.82) is 0 Å². The van der Waals surface area contributed by atoms with Gasteiger partial charge in [-0.2, -0.15) is 5.10 Å². The van der Waals surface area contributed by atoms with Crippen LogP contribution in [0.25, 0.3) is 0 Å². The normalized spacial score (nSPS) is 20.7.